The molecule has 1 aliphatic carbocycles. The van der Waals surface area contributed by atoms with Crippen LogP contribution in [0.15, 0.2) is 17.0 Å². The van der Waals surface area contributed by atoms with Crippen molar-refractivity contribution in [1.82, 2.24) is 4.98 Å². The Morgan fingerprint density at radius 1 is 1.50 bits per heavy atom. The van der Waals surface area contributed by atoms with Crippen LogP contribution in [-0.2, 0) is 4.74 Å². The smallest absolute Gasteiger partial charge is 0.414 e. The molecule has 0 radical (unpaired) electrons. The van der Waals surface area contributed by atoms with E-state index in [0.29, 0.717) is 18.4 Å². The lowest BCUT2D eigenvalue weighted by molar-refractivity contribution is 0.128. The summed E-state index contributed by atoms with van der Waals surface area (Å²) in [6.45, 7) is 0.500. The maximum absolute atomic E-state index is 11.3. The highest BCUT2D eigenvalue weighted by Crippen LogP contribution is 2.23. The number of rotatable bonds is 3. The van der Waals surface area contributed by atoms with Crippen LogP contribution >= 0.6 is 0 Å². The third kappa shape index (κ3) is 3.25. The van der Waals surface area contributed by atoms with Gasteiger partial charge in [0.2, 0.25) is 5.88 Å². The summed E-state index contributed by atoms with van der Waals surface area (Å²) in [4.78, 5) is 15.0. The number of nitrogens with one attached hydrogen (secondary N) is 1. The fourth-order valence-corrected chi connectivity index (χ4v) is 1.96. The van der Waals surface area contributed by atoms with Gasteiger partial charge in [-0.1, -0.05) is 19.3 Å². The number of hydrogen-bond donors (Lipinski definition) is 1. The molecule has 1 amide bonds. The first-order chi connectivity index (χ1) is 7.84. The molecule has 88 valence electrons. The van der Waals surface area contributed by atoms with Crippen LogP contribution in [0, 0.1) is 5.92 Å². The number of oxazole rings is 1. The average molecular weight is 224 g/mol. The molecular weight excluding hydrogens is 208 g/mol. The number of carbonyl (C=O) groups excluding carboxylic acids is 1. The summed E-state index contributed by atoms with van der Waals surface area (Å²) in [5, 5.41) is 2.47. The molecule has 5 nitrogen and oxygen atoms in total. The maximum Gasteiger partial charge on any atom is 0.414 e. The summed E-state index contributed by atoms with van der Waals surface area (Å²) in [5.41, 5.74) is 0. The summed E-state index contributed by atoms with van der Waals surface area (Å²) in [6, 6.07) is 0. The molecule has 1 fully saturated rings. The lowest BCUT2D eigenvalue weighted by Crippen LogP contribution is -2.20. The average Bonchev–Trinajstić information content (AvgIpc) is 2.81. The second-order valence-electron chi connectivity index (χ2n) is 4.09. The van der Waals surface area contributed by atoms with Crippen molar-refractivity contribution in [3.8, 4) is 0 Å². The minimum atomic E-state index is -0.470. The van der Waals surface area contributed by atoms with Crippen molar-refractivity contribution < 1.29 is 13.9 Å². The zero-order valence-electron chi connectivity index (χ0n) is 9.15. The highest BCUT2D eigenvalue weighted by Gasteiger charge is 2.15. The normalized spacial score (nSPS) is 17.0. The number of amides is 1. The Bertz CT molecular complexity index is 318. The molecular formula is C11H16N2O3. The molecule has 0 spiro atoms. The van der Waals surface area contributed by atoms with Crippen molar-refractivity contribution in [2.24, 2.45) is 5.92 Å². The van der Waals surface area contributed by atoms with Crippen LogP contribution < -0.4 is 5.32 Å². The summed E-state index contributed by atoms with van der Waals surface area (Å²) < 4.78 is 9.99. The predicted octanol–water partition coefficient (Wildman–Crippen LogP) is 2.80. The van der Waals surface area contributed by atoms with Gasteiger partial charge in [0.15, 0.2) is 6.39 Å². The monoisotopic (exact) mass is 224 g/mol. The molecule has 0 atom stereocenters. The number of hydrogen-bond acceptors (Lipinski definition) is 4. The largest absolute Gasteiger partial charge is 0.449 e. The van der Waals surface area contributed by atoms with Gasteiger partial charge >= 0.3 is 6.09 Å². The van der Waals surface area contributed by atoms with Crippen LogP contribution in [0.2, 0.25) is 0 Å². The molecule has 1 saturated carbocycles. The van der Waals surface area contributed by atoms with Crippen molar-refractivity contribution in [3.05, 3.63) is 12.6 Å². The van der Waals surface area contributed by atoms with E-state index in [9.17, 15) is 4.79 Å². The number of nitrogens with zero attached hydrogens (tertiary/aromatic N) is 1. The van der Waals surface area contributed by atoms with Gasteiger partial charge in [-0.15, -0.1) is 0 Å². The van der Waals surface area contributed by atoms with Crippen molar-refractivity contribution in [3.63, 3.8) is 0 Å². The SMILES string of the molecule is O=C(Nc1cnco1)OCC1CCCCC1. The summed E-state index contributed by atoms with van der Waals surface area (Å²) in [6.07, 6.45) is 8.35. The van der Waals surface area contributed by atoms with Gasteiger partial charge in [-0.25, -0.2) is 9.78 Å². The molecule has 0 bridgehead atoms. The van der Waals surface area contributed by atoms with Gasteiger partial charge in [0, 0.05) is 0 Å². The van der Waals surface area contributed by atoms with E-state index in [2.05, 4.69) is 10.3 Å². The molecule has 1 heterocycles. The third-order valence-corrected chi connectivity index (χ3v) is 2.83. The molecule has 5 heteroatoms. The van der Waals surface area contributed by atoms with Gasteiger partial charge < -0.3 is 9.15 Å². The molecule has 0 unspecified atom stereocenters. The summed E-state index contributed by atoms with van der Waals surface area (Å²) in [7, 11) is 0. The number of anilines is 1. The fourth-order valence-electron chi connectivity index (χ4n) is 1.96. The Hall–Kier alpha value is -1.52. The van der Waals surface area contributed by atoms with Gasteiger partial charge in [0.25, 0.3) is 0 Å². The van der Waals surface area contributed by atoms with Crippen LogP contribution in [0.25, 0.3) is 0 Å². The highest BCUT2D eigenvalue weighted by atomic mass is 16.6. The lowest BCUT2D eigenvalue weighted by atomic mass is 9.90. The van der Waals surface area contributed by atoms with Crippen LogP contribution in [0.1, 0.15) is 32.1 Å². The first-order valence-electron chi connectivity index (χ1n) is 5.67. The van der Waals surface area contributed by atoms with E-state index < -0.39 is 6.09 Å². The minimum Gasteiger partial charge on any atom is -0.449 e. The first kappa shape index (κ1) is 11.0. The molecule has 16 heavy (non-hydrogen) atoms. The molecule has 2 rings (SSSR count). The molecule has 1 N–H and O–H groups in total. The van der Waals surface area contributed by atoms with Gasteiger partial charge in [-0.05, 0) is 18.8 Å². The van der Waals surface area contributed by atoms with E-state index in [0.717, 1.165) is 12.8 Å². The van der Waals surface area contributed by atoms with Crippen LogP contribution in [0.5, 0.6) is 0 Å². The molecule has 0 aliphatic heterocycles. The second kappa shape index (κ2) is 5.53. The van der Waals surface area contributed by atoms with E-state index in [1.165, 1.54) is 31.9 Å². The Morgan fingerprint density at radius 2 is 2.31 bits per heavy atom. The summed E-state index contributed by atoms with van der Waals surface area (Å²) >= 11 is 0. The van der Waals surface area contributed by atoms with E-state index in [4.69, 9.17) is 9.15 Å². The Morgan fingerprint density at radius 3 is 3.00 bits per heavy atom. The lowest BCUT2D eigenvalue weighted by Gasteiger charge is -2.20. The van der Waals surface area contributed by atoms with E-state index in [-0.39, 0.29) is 0 Å². The van der Waals surface area contributed by atoms with E-state index in [1.807, 2.05) is 0 Å². The topological polar surface area (TPSA) is 64.4 Å². The molecule has 0 saturated heterocycles. The third-order valence-electron chi connectivity index (χ3n) is 2.83. The van der Waals surface area contributed by atoms with E-state index in [1.54, 1.807) is 0 Å². The molecule has 1 aromatic rings. The van der Waals surface area contributed by atoms with Crippen LogP contribution in [-0.4, -0.2) is 17.7 Å². The Balaban J connectivity index is 1.67. The zero-order valence-corrected chi connectivity index (χ0v) is 9.15. The molecule has 1 aromatic heterocycles. The molecule has 0 aromatic carbocycles. The molecule has 1 aliphatic rings. The van der Waals surface area contributed by atoms with Crippen LogP contribution in [0.3, 0.4) is 0 Å². The van der Waals surface area contributed by atoms with Gasteiger partial charge in [0.1, 0.15) is 0 Å². The van der Waals surface area contributed by atoms with Crippen molar-refractivity contribution in [2.75, 3.05) is 11.9 Å². The van der Waals surface area contributed by atoms with Crippen molar-refractivity contribution >= 4 is 12.0 Å². The fraction of sp³-hybridized carbons (Fsp3) is 0.636. The van der Waals surface area contributed by atoms with E-state index >= 15 is 0 Å². The van der Waals surface area contributed by atoms with Gasteiger partial charge in [-0.2, -0.15) is 0 Å². The van der Waals surface area contributed by atoms with Crippen molar-refractivity contribution in [1.29, 1.82) is 0 Å². The van der Waals surface area contributed by atoms with Crippen LogP contribution in [0.4, 0.5) is 10.7 Å². The standard InChI is InChI=1S/C11H16N2O3/c14-11(13-10-6-12-8-16-10)15-7-9-4-2-1-3-5-9/h6,8-9H,1-5,7H2,(H,13,14). The Labute approximate surface area is 94.2 Å². The number of aromatic nitrogens is 1. The minimum absolute atomic E-state index is 0.314. The number of ether oxygens (including phenoxy) is 1. The first-order valence-corrected chi connectivity index (χ1v) is 5.67. The maximum atomic E-state index is 11.3. The second-order valence-corrected chi connectivity index (χ2v) is 4.09. The summed E-state index contributed by atoms with van der Waals surface area (Å²) in [5.74, 6) is 0.836. The quantitative estimate of drug-likeness (QED) is 0.857. The van der Waals surface area contributed by atoms with Gasteiger partial charge in [-0.3, -0.25) is 5.32 Å². The predicted molar refractivity (Wildman–Crippen MR) is 58.0 cm³/mol. The van der Waals surface area contributed by atoms with Crippen molar-refractivity contribution in [2.45, 2.75) is 32.1 Å². The number of carbonyl (C=O) groups is 1. The van der Waals surface area contributed by atoms with Gasteiger partial charge in [0.05, 0.1) is 12.8 Å². The Kier molecular flexibility index (Phi) is 3.80. The highest BCUT2D eigenvalue weighted by molar-refractivity contribution is 5.82. The zero-order chi connectivity index (χ0) is 11.2.